The van der Waals surface area contributed by atoms with Gasteiger partial charge < -0.3 is 10.2 Å². The third kappa shape index (κ3) is 3.07. The van der Waals surface area contributed by atoms with Gasteiger partial charge in [-0.2, -0.15) is 5.26 Å². The van der Waals surface area contributed by atoms with Crippen LogP contribution in [0.15, 0.2) is 22.7 Å². The van der Waals surface area contributed by atoms with E-state index in [1.807, 2.05) is 19.1 Å². The molecule has 1 aromatic carbocycles. The Bertz CT molecular complexity index is 518. The second kappa shape index (κ2) is 6.07. The molecule has 0 unspecified atom stereocenters. The van der Waals surface area contributed by atoms with Crippen LogP contribution in [0.3, 0.4) is 0 Å². The third-order valence-electron chi connectivity index (χ3n) is 3.22. The first kappa shape index (κ1) is 13.9. The standard InChI is InChI=1S/C14H16BrN3O/c1-2-5-17-14(19)11-8-18(9-11)13-4-3-12(15)6-10(13)7-16/h3-4,6,11H,2,5,8-9H2,1H3,(H,17,19). The van der Waals surface area contributed by atoms with Crippen molar-refractivity contribution >= 4 is 27.5 Å². The zero-order valence-electron chi connectivity index (χ0n) is 10.8. The van der Waals surface area contributed by atoms with E-state index in [1.54, 1.807) is 6.07 Å². The molecule has 0 spiro atoms. The number of benzene rings is 1. The first-order valence-electron chi connectivity index (χ1n) is 6.38. The number of nitrogens with one attached hydrogen (secondary N) is 1. The molecule has 0 bridgehead atoms. The van der Waals surface area contributed by atoms with Gasteiger partial charge in [-0.25, -0.2) is 0 Å². The van der Waals surface area contributed by atoms with E-state index in [0.29, 0.717) is 18.7 Å². The van der Waals surface area contributed by atoms with Crippen LogP contribution in [0, 0.1) is 17.2 Å². The number of amides is 1. The fourth-order valence-corrected chi connectivity index (χ4v) is 2.47. The number of anilines is 1. The molecule has 0 aliphatic carbocycles. The molecule has 1 amide bonds. The molecule has 1 N–H and O–H groups in total. The largest absolute Gasteiger partial charge is 0.369 e. The molecule has 1 aromatic rings. The minimum absolute atomic E-state index is 0.0433. The van der Waals surface area contributed by atoms with Gasteiger partial charge in [-0.05, 0) is 24.6 Å². The number of nitriles is 1. The maximum atomic E-state index is 11.8. The van der Waals surface area contributed by atoms with Crippen molar-refractivity contribution in [2.75, 3.05) is 24.5 Å². The topological polar surface area (TPSA) is 56.1 Å². The van der Waals surface area contributed by atoms with E-state index in [4.69, 9.17) is 5.26 Å². The summed E-state index contributed by atoms with van der Waals surface area (Å²) in [4.78, 5) is 13.8. The summed E-state index contributed by atoms with van der Waals surface area (Å²) < 4.78 is 0.894. The fraction of sp³-hybridized carbons (Fsp3) is 0.429. The second-order valence-corrected chi connectivity index (χ2v) is 5.58. The van der Waals surface area contributed by atoms with Crippen LogP contribution in [0.25, 0.3) is 0 Å². The molecule has 2 rings (SSSR count). The Kier molecular flexibility index (Phi) is 4.43. The van der Waals surface area contributed by atoms with Gasteiger partial charge in [0.25, 0.3) is 0 Å². The van der Waals surface area contributed by atoms with Crippen LogP contribution in [-0.2, 0) is 4.79 Å². The van der Waals surface area contributed by atoms with E-state index in [9.17, 15) is 4.79 Å². The van der Waals surface area contributed by atoms with E-state index in [2.05, 4.69) is 32.2 Å². The quantitative estimate of drug-likeness (QED) is 0.925. The van der Waals surface area contributed by atoms with E-state index in [0.717, 1.165) is 23.1 Å². The Morgan fingerprint density at radius 3 is 2.95 bits per heavy atom. The number of hydrogen-bond donors (Lipinski definition) is 1. The van der Waals surface area contributed by atoms with Gasteiger partial charge in [-0.1, -0.05) is 22.9 Å². The van der Waals surface area contributed by atoms with Crippen molar-refractivity contribution in [3.05, 3.63) is 28.2 Å². The molecule has 4 nitrogen and oxygen atoms in total. The first-order chi connectivity index (χ1) is 9.15. The van der Waals surface area contributed by atoms with Crippen molar-refractivity contribution in [2.24, 2.45) is 5.92 Å². The average Bonchev–Trinajstić information content (AvgIpc) is 2.36. The number of halogens is 1. The van der Waals surface area contributed by atoms with Crippen LogP contribution in [-0.4, -0.2) is 25.5 Å². The van der Waals surface area contributed by atoms with Crippen molar-refractivity contribution in [1.29, 1.82) is 5.26 Å². The normalized spacial score (nSPS) is 14.7. The third-order valence-corrected chi connectivity index (χ3v) is 3.71. The summed E-state index contributed by atoms with van der Waals surface area (Å²) >= 11 is 3.36. The summed E-state index contributed by atoms with van der Waals surface area (Å²) in [6, 6.07) is 7.83. The molecule has 1 fully saturated rings. The Morgan fingerprint density at radius 1 is 1.58 bits per heavy atom. The minimum Gasteiger partial charge on any atom is -0.369 e. The summed E-state index contributed by atoms with van der Waals surface area (Å²) in [5, 5.41) is 12.0. The Hall–Kier alpha value is -1.54. The van der Waals surface area contributed by atoms with Crippen molar-refractivity contribution in [2.45, 2.75) is 13.3 Å². The van der Waals surface area contributed by atoms with Crippen LogP contribution in [0.2, 0.25) is 0 Å². The molecule has 1 aliphatic rings. The van der Waals surface area contributed by atoms with Crippen molar-refractivity contribution in [1.82, 2.24) is 5.32 Å². The summed E-state index contributed by atoms with van der Waals surface area (Å²) in [6.07, 6.45) is 0.952. The van der Waals surface area contributed by atoms with Gasteiger partial charge in [0.05, 0.1) is 17.2 Å². The van der Waals surface area contributed by atoms with Crippen molar-refractivity contribution in [3.63, 3.8) is 0 Å². The summed E-state index contributed by atoms with van der Waals surface area (Å²) in [6.45, 7) is 4.14. The lowest BCUT2D eigenvalue weighted by molar-refractivity contribution is -0.125. The van der Waals surface area contributed by atoms with E-state index < -0.39 is 0 Å². The molecular weight excluding hydrogens is 306 g/mol. The molecular formula is C14H16BrN3O. The number of carbonyl (C=O) groups is 1. The zero-order chi connectivity index (χ0) is 13.8. The van der Waals surface area contributed by atoms with Crippen molar-refractivity contribution in [3.8, 4) is 6.07 Å². The molecule has 19 heavy (non-hydrogen) atoms. The molecule has 1 heterocycles. The lowest BCUT2D eigenvalue weighted by Gasteiger charge is -2.40. The van der Waals surface area contributed by atoms with Crippen molar-refractivity contribution < 1.29 is 4.79 Å². The van der Waals surface area contributed by atoms with E-state index in [1.165, 1.54) is 0 Å². The zero-order valence-corrected chi connectivity index (χ0v) is 12.4. The highest BCUT2D eigenvalue weighted by atomic mass is 79.9. The van der Waals surface area contributed by atoms with Crippen LogP contribution in [0.4, 0.5) is 5.69 Å². The molecule has 1 saturated heterocycles. The molecule has 0 radical (unpaired) electrons. The van der Waals surface area contributed by atoms with Gasteiger partial charge >= 0.3 is 0 Å². The predicted molar refractivity (Wildman–Crippen MR) is 77.9 cm³/mol. The van der Waals surface area contributed by atoms with Gasteiger partial charge in [0.15, 0.2) is 0 Å². The summed E-state index contributed by atoms with van der Waals surface area (Å²) in [5.74, 6) is 0.162. The second-order valence-electron chi connectivity index (χ2n) is 4.67. The highest BCUT2D eigenvalue weighted by molar-refractivity contribution is 9.10. The van der Waals surface area contributed by atoms with Crippen LogP contribution in [0.1, 0.15) is 18.9 Å². The number of nitrogens with zero attached hydrogens (tertiary/aromatic N) is 2. The van der Waals surface area contributed by atoms with Gasteiger partial charge in [-0.15, -0.1) is 0 Å². The monoisotopic (exact) mass is 321 g/mol. The number of carbonyl (C=O) groups excluding carboxylic acids is 1. The highest BCUT2D eigenvalue weighted by Gasteiger charge is 2.33. The average molecular weight is 322 g/mol. The number of hydrogen-bond acceptors (Lipinski definition) is 3. The van der Waals surface area contributed by atoms with Gasteiger partial charge in [0, 0.05) is 24.1 Å². The highest BCUT2D eigenvalue weighted by Crippen LogP contribution is 2.29. The Labute approximate surface area is 121 Å². The fourth-order valence-electron chi connectivity index (χ4n) is 2.11. The van der Waals surface area contributed by atoms with Gasteiger partial charge in [-0.3, -0.25) is 4.79 Å². The van der Waals surface area contributed by atoms with Gasteiger partial charge in [0.1, 0.15) is 6.07 Å². The molecule has 1 aliphatic heterocycles. The Morgan fingerprint density at radius 2 is 2.32 bits per heavy atom. The molecule has 0 atom stereocenters. The van der Waals surface area contributed by atoms with Gasteiger partial charge in [0.2, 0.25) is 5.91 Å². The number of rotatable bonds is 4. The smallest absolute Gasteiger partial charge is 0.226 e. The first-order valence-corrected chi connectivity index (χ1v) is 7.17. The molecule has 0 saturated carbocycles. The van der Waals surface area contributed by atoms with E-state index >= 15 is 0 Å². The SMILES string of the molecule is CCCNC(=O)C1CN(c2ccc(Br)cc2C#N)C1. The molecule has 100 valence electrons. The minimum atomic E-state index is 0.0433. The molecule has 5 heteroatoms. The summed E-state index contributed by atoms with van der Waals surface area (Å²) in [7, 11) is 0. The maximum absolute atomic E-state index is 11.8. The van der Waals surface area contributed by atoms with Crippen LogP contribution < -0.4 is 10.2 Å². The summed E-state index contributed by atoms with van der Waals surface area (Å²) in [5.41, 5.74) is 1.55. The lowest BCUT2D eigenvalue weighted by Crippen LogP contribution is -2.54. The van der Waals surface area contributed by atoms with E-state index in [-0.39, 0.29) is 11.8 Å². The lowest BCUT2D eigenvalue weighted by atomic mass is 9.97. The van der Waals surface area contributed by atoms with Crippen LogP contribution in [0.5, 0.6) is 0 Å². The Balaban J connectivity index is 1.97. The maximum Gasteiger partial charge on any atom is 0.226 e. The van der Waals surface area contributed by atoms with Crippen LogP contribution >= 0.6 is 15.9 Å². The predicted octanol–water partition coefficient (Wildman–Crippen LogP) is 2.28. The molecule has 0 aromatic heterocycles.